The van der Waals surface area contributed by atoms with E-state index in [4.69, 9.17) is 0 Å². The number of carboxylic acid groups (broad SMARTS) is 1. The summed E-state index contributed by atoms with van der Waals surface area (Å²) in [7, 11) is 0. The lowest BCUT2D eigenvalue weighted by Gasteiger charge is -2.33. The second kappa shape index (κ2) is 7.15. The SMILES string of the molecule is O=C(Cc1c[nH]c2ccc([N+](=O)[O-])cc12)NCC1(C(=O)O)CCCCC1. The number of carbonyl (C=O) groups is 2. The summed E-state index contributed by atoms with van der Waals surface area (Å²) >= 11 is 0. The third-order valence-corrected chi connectivity index (χ3v) is 5.20. The van der Waals surface area contributed by atoms with Crippen LogP contribution in [0.25, 0.3) is 10.9 Å². The second-order valence-electron chi connectivity index (χ2n) is 6.90. The number of hydrogen-bond acceptors (Lipinski definition) is 4. The normalized spacial score (nSPS) is 16.3. The van der Waals surface area contributed by atoms with Crippen molar-refractivity contribution in [3.8, 4) is 0 Å². The number of carbonyl (C=O) groups excluding carboxylic acids is 1. The van der Waals surface area contributed by atoms with Gasteiger partial charge in [-0.15, -0.1) is 0 Å². The number of rotatable bonds is 6. The maximum atomic E-state index is 12.3. The van der Waals surface area contributed by atoms with Crippen LogP contribution >= 0.6 is 0 Å². The highest BCUT2D eigenvalue weighted by molar-refractivity contribution is 5.90. The zero-order valence-electron chi connectivity index (χ0n) is 14.3. The highest BCUT2D eigenvalue weighted by atomic mass is 16.6. The van der Waals surface area contributed by atoms with Crippen molar-refractivity contribution in [2.24, 2.45) is 5.41 Å². The minimum absolute atomic E-state index is 0.0363. The van der Waals surface area contributed by atoms with E-state index in [-0.39, 0.29) is 24.6 Å². The Morgan fingerprint density at radius 2 is 2.00 bits per heavy atom. The summed E-state index contributed by atoms with van der Waals surface area (Å²) in [5.74, 6) is -1.15. The van der Waals surface area contributed by atoms with Crippen LogP contribution in [0, 0.1) is 15.5 Å². The zero-order valence-corrected chi connectivity index (χ0v) is 14.3. The van der Waals surface area contributed by atoms with Gasteiger partial charge in [0.1, 0.15) is 0 Å². The Morgan fingerprint density at radius 1 is 1.27 bits per heavy atom. The maximum Gasteiger partial charge on any atom is 0.311 e. The molecule has 0 spiro atoms. The molecule has 0 radical (unpaired) electrons. The molecule has 1 aromatic heterocycles. The van der Waals surface area contributed by atoms with Gasteiger partial charge in [-0.2, -0.15) is 0 Å². The van der Waals surface area contributed by atoms with E-state index in [1.165, 1.54) is 12.1 Å². The van der Waals surface area contributed by atoms with Crippen molar-refractivity contribution in [3.63, 3.8) is 0 Å². The lowest BCUT2D eigenvalue weighted by molar-refractivity contribution is -0.384. The van der Waals surface area contributed by atoms with Crippen molar-refractivity contribution < 1.29 is 19.6 Å². The fourth-order valence-electron chi connectivity index (χ4n) is 3.62. The molecule has 0 aliphatic heterocycles. The third-order valence-electron chi connectivity index (χ3n) is 5.20. The summed E-state index contributed by atoms with van der Waals surface area (Å²) in [6.45, 7) is 0.115. The first-order valence-corrected chi connectivity index (χ1v) is 8.66. The van der Waals surface area contributed by atoms with E-state index in [0.29, 0.717) is 29.3 Å². The number of aliphatic carboxylic acids is 1. The molecule has 0 unspecified atom stereocenters. The molecule has 8 heteroatoms. The van der Waals surface area contributed by atoms with Crippen LogP contribution < -0.4 is 5.32 Å². The minimum Gasteiger partial charge on any atom is -0.481 e. The number of nitrogens with zero attached hydrogens (tertiary/aromatic N) is 1. The standard InChI is InChI=1S/C18H21N3O5/c22-16(20-11-18(17(23)24)6-2-1-3-7-18)8-12-10-19-15-5-4-13(21(25)26)9-14(12)15/h4-5,9-10,19H,1-3,6-8,11H2,(H,20,22)(H,23,24). The number of non-ortho nitro benzene ring substituents is 1. The van der Waals surface area contributed by atoms with E-state index in [1.807, 2.05) is 0 Å². The molecule has 1 heterocycles. The average Bonchev–Trinajstić information content (AvgIpc) is 3.02. The number of nitro benzene ring substituents is 1. The third kappa shape index (κ3) is 3.54. The number of aromatic amines is 1. The first-order valence-electron chi connectivity index (χ1n) is 8.66. The molecule has 1 amide bonds. The van der Waals surface area contributed by atoms with E-state index >= 15 is 0 Å². The molecule has 138 valence electrons. The fourth-order valence-corrected chi connectivity index (χ4v) is 3.62. The van der Waals surface area contributed by atoms with Gasteiger partial charge in [0.05, 0.1) is 16.8 Å². The van der Waals surface area contributed by atoms with Crippen LogP contribution in [0.1, 0.15) is 37.7 Å². The summed E-state index contributed by atoms with van der Waals surface area (Å²) in [4.78, 5) is 37.4. The molecule has 1 aliphatic carbocycles. The van der Waals surface area contributed by atoms with Crippen LogP contribution in [0.4, 0.5) is 5.69 Å². The number of fused-ring (bicyclic) bond motifs is 1. The Kier molecular flexibility index (Phi) is 4.92. The number of carboxylic acids is 1. The molecule has 2 aromatic rings. The van der Waals surface area contributed by atoms with Crippen molar-refractivity contribution >= 4 is 28.5 Å². The quantitative estimate of drug-likeness (QED) is 0.540. The predicted molar refractivity (Wildman–Crippen MR) is 94.8 cm³/mol. The molecule has 1 fully saturated rings. The Labute approximate surface area is 149 Å². The zero-order chi connectivity index (χ0) is 18.7. The number of hydrogen-bond donors (Lipinski definition) is 3. The van der Waals surface area contributed by atoms with Gasteiger partial charge in [0.2, 0.25) is 5.91 Å². The highest BCUT2D eigenvalue weighted by Crippen LogP contribution is 2.36. The van der Waals surface area contributed by atoms with Gasteiger partial charge in [0.25, 0.3) is 5.69 Å². The molecular weight excluding hydrogens is 338 g/mol. The number of benzene rings is 1. The van der Waals surface area contributed by atoms with Gasteiger partial charge in [-0.25, -0.2) is 0 Å². The number of nitrogens with one attached hydrogen (secondary N) is 2. The van der Waals surface area contributed by atoms with Crippen molar-refractivity contribution in [2.45, 2.75) is 38.5 Å². The van der Waals surface area contributed by atoms with E-state index in [9.17, 15) is 24.8 Å². The Morgan fingerprint density at radius 3 is 2.65 bits per heavy atom. The summed E-state index contributed by atoms with van der Waals surface area (Å²) in [5.41, 5.74) is 0.445. The summed E-state index contributed by atoms with van der Waals surface area (Å²) in [6, 6.07) is 4.45. The number of aromatic nitrogens is 1. The Bertz CT molecular complexity index is 852. The summed E-state index contributed by atoms with van der Waals surface area (Å²) in [6.07, 6.45) is 5.57. The molecular formula is C18H21N3O5. The summed E-state index contributed by atoms with van der Waals surface area (Å²) in [5, 5.41) is 23.9. The minimum atomic E-state index is -0.882. The van der Waals surface area contributed by atoms with Crippen molar-refractivity contribution in [1.82, 2.24) is 10.3 Å². The van der Waals surface area contributed by atoms with Crippen LogP contribution in [0.2, 0.25) is 0 Å². The molecule has 3 rings (SSSR count). The van der Waals surface area contributed by atoms with Gasteiger partial charge >= 0.3 is 5.97 Å². The Balaban J connectivity index is 1.70. The van der Waals surface area contributed by atoms with E-state index < -0.39 is 16.3 Å². The van der Waals surface area contributed by atoms with Crippen molar-refractivity contribution in [3.05, 3.63) is 40.1 Å². The number of amides is 1. The lowest BCUT2D eigenvalue weighted by atomic mass is 9.74. The molecule has 3 N–H and O–H groups in total. The van der Waals surface area contributed by atoms with Gasteiger partial charge < -0.3 is 15.4 Å². The molecule has 0 saturated heterocycles. The monoisotopic (exact) mass is 359 g/mol. The van der Waals surface area contributed by atoms with Gasteiger partial charge in [-0.3, -0.25) is 19.7 Å². The molecule has 26 heavy (non-hydrogen) atoms. The van der Waals surface area contributed by atoms with Crippen molar-refractivity contribution in [1.29, 1.82) is 0 Å². The number of nitro groups is 1. The van der Waals surface area contributed by atoms with Crippen molar-refractivity contribution in [2.75, 3.05) is 6.54 Å². The maximum absolute atomic E-state index is 12.3. The first kappa shape index (κ1) is 17.9. The van der Waals surface area contributed by atoms with E-state index in [0.717, 1.165) is 19.3 Å². The van der Waals surface area contributed by atoms with Gasteiger partial charge in [0.15, 0.2) is 0 Å². The number of H-pyrrole nitrogens is 1. The van der Waals surface area contributed by atoms with E-state index in [2.05, 4.69) is 10.3 Å². The molecule has 8 nitrogen and oxygen atoms in total. The largest absolute Gasteiger partial charge is 0.481 e. The summed E-state index contributed by atoms with van der Waals surface area (Å²) < 4.78 is 0. The highest BCUT2D eigenvalue weighted by Gasteiger charge is 2.39. The van der Waals surface area contributed by atoms with Crippen LogP contribution in [-0.4, -0.2) is 33.4 Å². The van der Waals surface area contributed by atoms with Gasteiger partial charge in [0, 0.05) is 35.8 Å². The average molecular weight is 359 g/mol. The second-order valence-corrected chi connectivity index (χ2v) is 6.90. The molecule has 0 atom stereocenters. The fraction of sp³-hybridized carbons (Fsp3) is 0.444. The lowest BCUT2D eigenvalue weighted by Crippen LogP contribution is -2.44. The smallest absolute Gasteiger partial charge is 0.311 e. The topological polar surface area (TPSA) is 125 Å². The van der Waals surface area contributed by atoms with Crippen LogP contribution in [-0.2, 0) is 16.0 Å². The van der Waals surface area contributed by atoms with Gasteiger partial charge in [-0.05, 0) is 24.5 Å². The predicted octanol–water partition coefficient (Wildman–Crippen LogP) is 2.77. The van der Waals surface area contributed by atoms with Crippen LogP contribution in [0.3, 0.4) is 0 Å². The van der Waals surface area contributed by atoms with Crippen LogP contribution in [0.15, 0.2) is 24.4 Å². The molecule has 1 aromatic carbocycles. The Hall–Kier alpha value is -2.90. The van der Waals surface area contributed by atoms with Crippen LogP contribution in [0.5, 0.6) is 0 Å². The van der Waals surface area contributed by atoms with E-state index in [1.54, 1.807) is 12.3 Å². The van der Waals surface area contributed by atoms with Gasteiger partial charge in [-0.1, -0.05) is 19.3 Å². The first-order chi connectivity index (χ1) is 12.4. The molecule has 0 bridgehead atoms. The molecule has 1 aliphatic rings. The molecule has 1 saturated carbocycles.